The predicted octanol–water partition coefficient (Wildman–Crippen LogP) is 1.52. The molecule has 1 aromatic rings. The van der Waals surface area contributed by atoms with Crippen LogP contribution in [0.3, 0.4) is 0 Å². The Labute approximate surface area is 280 Å². The molecule has 0 aromatic heterocycles. The van der Waals surface area contributed by atoms with Crippen LogP contribution in [-0.2, 0) is 42.7 Å². The van der Waals surface area contributed by atoms with E-state index in [0.29, 0.717) is 18.7 Å². The van der Waals surface area contributed by atoms with Gasteiger partial charge >= 0.3 is 17.9 Å². The van der Waals surface area contributed by atoms with E-state index in [9.17, 15) is 19.5 Å². The Morgan fingerprint density at radius 1 is 0.875 bits per heavy atom. The molecule has 1 unspecified atom stereocenters. The number of hydrogen-bond donors (Lipinski definition) is 2. The molecular weight excluding hydrogens is 626 g/mol. The van der Waals surface area contributed by atoms with Gasteiger partial charge in [-0.3, -0.25) is 9.59 Å². The number of aliphatic hydroxyl groups is 1. The van der Waals surface area contributed by atoms with Crippen molar-refractivity contribution in [2.24, 2.45) is 34.5 Å². The van der Waals surface area contributed by atoms with E-state index in [1.54, 1.807) is 52.7 Å². The van der Waals surface area contributed by atoms with Gasteiger partial charge in [0.15, 0.2) is 0 Å². The molecule has 5 saturated carbocycles. The third kappa shape index (κ3) is 4.14. The lowest BCUT2D eigenvalue weighted by molar-refractivity contribution is -0.280. The number of rotatable bonds is 10. The molecule has 6 aliphatic rings. The number of carbonyl (C=O) groups excluding carboxylic acids is 3. The summed E-state index contributed by atoms with van der Waals surface area (Å²) >= 11 is 0. The van der Waals surface area contributed by atoms with Crippen molar-refractivity contribution in [3.05, 3.63) is 29.8 Å². The van der Waals surface area contributed by atoms with Crippen LogP contribution in [0.2, 0.25) is 0 Å². The molecule has 0 amide bonds. The minimum absolute atomic E-state index is 0.172. The van der Waals surface area contributed by atoms with E-state index >= 15 is 0 Å². The third-order valence-corrected chi connectivity index (χ3v) is 13.1. The summed E-state index contributed by atoms with van der Waals surface area (Å²) in [7, 11) is 8.00. The van der Waals surface area contributed by atoms with Gasteiger partial charge in [-0.15, -0.1) is 0 Å². The molecule has 1 heterocycles. The molecule has 264 valence electrons. The summed E-state index contributed by atoms with van der Waals surface area (Å²) in [6.07, 6.45) is -2.70. The monoisotopic (exact) mass is 673 g/mol. The van der Waals surface area contributed by atoms with Crippen molar-refractivity contribution in [3.63, 3.8) is 0 Å². The van der Waals surface area contributed by atoms with Crippen LogP contribution in [0.5, 0.6) is 5.75 Å². The highest BCUT2D eigenvalue weighted by Gasteiger charge is 2.90. The molecule has 7 rings (SSSR count). The molecule has 0 radical (unpaired) electrons. The summed E-state index contributed by atoms with van der Waals surface area (Å²) in [5.41, 5.74) is -4.05. The number of benzene rings is 1. The van der Waals surface area contributed by atoms with Crippen LogP contribution in [0, 0.1) is 34.5 Å². The first-order valence-electron chi connectivity index (χ1n) is 16.7. The van der Waals surface area contributed by atoms with E-state index in [1.807, 2.05) is 0 Å². The molecule has 7 bridgehead atoms. The minimum Gasteiger partial charge on any atom is -0.497 e. The van der Waals surface area contributed by atoms with E-state index in [1.165, 1.54) is 21.0 Å². The van der Waals surface area contributed by atoms with Crippen molar-refractivity contribution >= 4 is 17.9 Å². The number of piperidine rings is 1. The second-order valence-electron chi connectivity index (χ2n) is 14.6. The molecule has 13 heteroatoms. The average Bonchev–Trinajstić information content (AvgIpc) is 3.40. The summed E-state index contributed by atoms with van der Waals surface area (Å²) in [6, 6.07) is 6.28. The van der Waals surface area contributed by atoms with Gasteiger partial charge in [0.1, 0.15) is 29.2 Å². The molecule has 6 fully saturated rings. The number of carbonyl (C=O) groups is 3. The zero-order chi connectivity index (χ0) is 34.4. The first kappa shape index (κ1) is 33.7. The van der Waals surface area contributed by atoms with Crippen molar-refractivity contribution in [3.8, 4) is 5.75 Å². The molecule has 2 N–H and O–H groups in total. The Bertz CT molecular complexity index is 1460. The summed E-state index contributed by atoms with van der Waals surface area (Å²) < 4.78 is 49.1. The highest BCUT2D eigenvalue weighted by molar-refractivity contribution is 5.89. The fraction of sp³-hybridized carbons (Fsp3) is 0.743. The SMILES string of the molecule is COC[C@]12CN[C@@H]3[C@@H]4[C@H](OC)[C@H]1[C@@]3([C@@H](OC)CC2OC(C)=O)[C@@H]1C[C@@]2(O)[C@@H](OC)C[C@@]4(OC(C)=O)[C@H]1[C@H]2OC(=O)c1ccc(OC)cc1. The van der Waals surface area contributed by atoms with Gasteiger partial charge in [0.25, 0.3) is 0 Å². The summed E-state index contributed by atoms with van der Waals surface area (Å²) in [5, 5.41) is 16.6. The maximum atomic E-state index is 13.9. The molecule has 13 nitrogen and oxygen atoms in total. The van der Waals surface area contributed by atoms with Gasteiger partial charge < -0.3 is 48.3 Å². The molecule has 1 aromatic carbocycles. The summed E-state index contributed by atoms with van der Waals surface area (Å²) in [5.74, 6) is -2.74. The van der Waals surface area contributed by atoms with E-state index in [4.69, 9.17) is 37.9 Å². The molecule has 1 spiro atoms. The zero-order valence-corrected chi connectivity index (χ0v) is 28.6. The highest BCUT2D eigenvalue weighted by Crippen LogP contribution is 2.79. The van der Waals surface area contributed by atoms with Crippen LogP contribution >= 0.6 is 0 Å². The predicted molar refractivity (Wildman–Crippen MR) is 166 cm³/mol. The molecular formula is C35H47NO12. The second-order valence-corrected chi connectivity index (χ2v) is 14.6. The maximum Gasteiger partial charge on any atom is 0.338 e. The quantitative estimate of drug-likeness (QED) is 0.273. The van der Waals surface area contributed by atoms with Gasteiger partial charge in [0.2, 0.25) is 0 Å². The Hall–Kier alpha value is -2.81. The smallest absolute Gasteiger partial charge is 0.338 e. The Kier molecular flexibility index (Phi) is 8.16. The highest BCUT2D eigenvalue weighted by atomic mass is 16.6. The van der Waals surface area contributed by atoms with Crippen LogP contribution in [0.4, 0.5) is 0 Å². The lowest BCUT2D eigenvalue weighted by atomic mass is 9.43. The lowest BCUT2D eigenvalue weighted by Crippen LogP contribution is -2.79. The van der Waals surface area contributed by atoms with Crippen molar-refractivity contribution in [1.29, 1.82) is 0 Å². The number of nitrogens with one attached hydrogen (secondary N) is 1. The van der Waals surface area contributed by atoms with Crippen molar-refractivity contribution in [2.75, 3.05) is 48.7 Å². The van der Waals surface area contributed by atoms with Gasteiger partial charge in [-0.1, -0.05) is 0 Å². The van der Waals surface area contributed by atoms with Crippen LogP contribution in [0.15, 0.2) is 24.3 Å². The van der Waals surface area contributed by atoms with Gasteiger partial charge in [0.05, 0.1) is 37.6 Å². The average molecular weight is 674 g/mol. The van der Waals surface area contributed by atoms with Crippen LogP contribution < -0.4 is 10.1 Å². The van der Waals surface area contributed by atoms with Crippen LogP contribution in [0.1, 0.15) is 43.5 Å². The standard InChI is InChI=1S/C35H47NO12/c1-17(37)46-22-12-23(43-5)35-21-13-33(40)24(44-6)14-34(48-18(2)38,25(21)30(33)47-31(39)19-8-10-20(42-4)11-9-19)26-27(45-7)28(35)32(22,16-41-3)15-36-29(26)35/h8-11,21-30,36,40H,12-16H2,1-7H3/t21-,22?,23+,24+,25-,26+,27+,28-,29-,30-,32+,33-,34-,35+/m1/s1. The zero-order valence-electron chi connectivity index (χ0n) is 28.6. The Morgan fingerprint density at radius 3 is 2.17 bits per heavy atom. The van der Waals surface area contributed by atoms with Crippen LogP contribution in [0.25, 0.3) is 0 Å². The van der Waals surface area contributed by atoms with Gasteiger partial charge in [-0.05, 0) is 36.6 Å². The fourth-order valence-electron chi connectivity index (χ4n) is 12.1. The molecule has 1 saturated heterocycles. The minimum atomic E-state index is -1.61. The Balaban J connectivity index is 1.44. The van der Waals surface area contributed by atoms with Crippen molar-refractivity contribution in [2.45, 2.75) is 80.9 Å². The maximum absolute atomic E-state index is 13.9. The first-order chi connectivity index (χ1) is 22.9. The van der Waals surface area contributed by atoms with E-state index < -0.39 is 88.2 Å². The molecule has 14 atom stereocenters. The van der Waals surface area contributed by atoms with Crippen molar-refractivity contribution < 1.29 is 57.4 Å². The number of ether oxygens (including phenoxy) is 8. The van der Waals surface area contributed by atoms with Gasteiger partial charge in [-0.2, -0.15) is 0 Å². The largest absolute Gasteiger partial charge is 0.497 e. The molecule has 48 heavy (non-hydrogen) atoms. The Morgan fingerprint density at radius 2 is 1.58 bits per heavy atom. The number of hydrogen-bond acceptors (Lipinski definition) is 13. The van der Waals surface area contributed by atoms with E-state index in [2.05, 4.69) is 5.32 Å². The normalized spacial score (nSPS) is 46.1. The van der Waals surface area contributed by atoms with Gasteiger partial charge in [0, 0.05) is 96.3 Å². The van der Waals surface area contributed by atoms with Crippen molar-refractivity contribution in [1.82, 2.24) is 5.32 Å². The summed E-state index contributed by atoms with van der Waals surface area (Å²) in [4.78, 5) is 39.6. The first-order valence-corrected chi connectivity index (χ1v) is 16.7. The lowest BCUT2D eigenvalue weighted by Gasteiger charge is -2.68. The van der Waals surface area contributed by atoms with Gasteiger partial charge in [-0.25, -0.2) is 4.79 Å². The van der Waals surface area contributed by atoms with E-state index in [0.717, 1.165) is 0 Å². The van der Waals surface area contributed by atoms with Crippen LogP contribution in [-0.4, -0.2) is 119 Å². The topological polar surface area (TPSA) is 157 Å². The molecule has 5 aliphatic carbocycles. The molecule has 1 aliphatic heterocycles. The number of fused-ring (bicyclic) bond motifs is 2. The third-order valence-electron chi connectivity index (χ3n) is 13.1. The number of methoxy groups -OCH3 is 5. The second kappa shape index (κ2) is 11.6. The summed E-state index contributed by atoms with van der Waals surface area (Å²) in [6.45, 7) is 3.50. The fourth-order valence-corrected chi connectivity index (χ4v) is 12.1. The number of esters is 3. The van der Waals surface area contributed by atoms with E-state index in [-0.39, 0.29) is 37.0 Å².